The largest absolute Gasteiger partial charge is 0.464 e. The predicted molar refractivity (Wildman–Crippen MR) is 323 cm³/mol. The second kappa shape index (κ2) is 30.1. The highest BCUT2D eigenvalue weighted by atomic mass is 16.5. The summed E-state index contributed by atoms with van der Waals surface area (Å²) in [7, 11) is 1.93. The Labute approximate surface area is 483 Å². The van der Waals surface area contributed by atoms with Crippen molar-refractivity contribution in [1.82, 2.24) is 29.7 Å². The van der Waals surface area contributed by atoms with E-state index in [1.165, 1.54) is 24.1 Å². The number of nitrogens with zero attached hydrogens (tertiary/aromatic N) is 6. The maximum Gasteiger partial charge on any atom is 0.226 e. The maximum absolute atomic E-state index is 11.7. The molecule has 0 radical (unpaired) electrons. The van der Waals surface area contributed by atoms with Gasteiger partial charge in [-0.05, 0) is 85.3 Å². The van der Waals surface area contributed by atoms with E-state index in [4.69, 9.17) is 13.4 Å². The van der Waals surface area contributed by atoms with Gasteiger partial charge in [0.1, 0.15) is 40.8 Å². The highest BCUT2D eigenvalue weighted by molar-refractivity contribution is 5.90. The first-order valence-electron chi connectivity index (χ1n) is 28.7. The average Bonchev–Trinajstić information content (AvgIpc) is 4.17. The van der Waals surface area contributed by atoms with Crippen LogP contribution in [-0.2, 0) is 69.5 Å². The van der Waals surface area contributed by atoms with Crippen molar-refractivity contribution in [2.75, 3.05) is 0 Å². The molecule has 1 aliphatic rings. The van der Waals surface area contributed by atoms with Gasteiger partial charge in [-0.3, -0.25) is 28.7 Å². The smallest absolute Gasteiger partial charge is 0.226 e. The Balaban J connectivity index is 0.000000165. The van der Waals surface area contributed by atoms with E-state index in [9.17, 15) is 24.0 Å². The molecule has 1 saturated carbocycles. The van der Waals surface area contributed by atoms with Crippen LogP contribution in [-0.4, -0.2) is 58.6 Å². The van der Waals surface area contributed by atoms with Crippen molar-refractivity contribution in [3.05, 3.63) is 173 Å². The molecule has 1 aliphatic carbocycles. The molecule has 82 heavy (non-hydrogen) atoms. The van der Waals surface area contributed by atoms with Crippen LogP contribution in [0.5, 0.6) is 0 Å². The van der Waals surface area contributed by atoms with Crippen molar-refractivity contribution in [3.63, 3.8) is 0 Å². The molecule has 0 atom stereocenters. The van der Waals surface area contributed by atoms with Gasteiger partial charge < -0.3 is 13.4 Å². The number of hydrogen-bond donors (Lipinski definition) is 0. The summed E-state index contributed by atoms with van der Waals surface area (Å²) in [5.74, 6) is 2.74. The lowest BCUT2D eigenvalue weighted by atomic mass is 10.00. The molecule has 0 N–H and O–H groups in total. The normalized spacial score (nSPS) is 11.9. The minimum atomic E-state index is 0.0341. The number of furan rings is 1. The molecule has 5 heterocycles. The maximum atomic E-state index is 11.7. The fourth-order valence-corrected chi connectivity index (χ4v) is 8.24. The third-order valence-electron chi connectivity index (χ3n) is 14.1. The molecule has 10 rings (SSSR count). The minimum Gasteiger partial charge on any atom is -0.464 e. The summed E-state index contributed by atoms with van der Waals surface area (Å²) in [6.07, 6.45) is 12.6. The number of para-hydroxylation sites is 2. The molecule has 0 saturated heterocycles. The number of carbonyl (C=O) groups is 5. The number of aromatic nitrogens is 6. The number of Topliss-reactive ketones (excluding diaryl/α,β-unsaturated/α-hetero) is 5. The zero-order chi connectivity index (χ0) is 59.6. The SMILES string of the molecule is CC(C)C(=O)Cc1cc(C2CC2)nn1C.CC(C)C(=O)Cc1cnn(-c2ccccc2)c1.CC(C)C(=O)Cc1coc(-c2ccccc2)n1.CCc1ccc2c(CC(=O)C(C)C)coc2c1.Cc1cccc2c(CC(=O)C(C)C)noc12. The Hall–Kier alpha value is -8.13. The van der Waals surface area contributed by atoms with Crippen LogP contribution in [0.15, 0.2) is 141 Å². The summed E-state index contributed by atoms with van der Waals surface area (Å²) < 4.78 is 19.8. The molecule has 0 spiro atoms. The monoisotopic (exact) mass is 1110 g/mol. The number of ketones is 5. The van der Waals surface area contributed by atoms with E-state index >= 15 is 0 Å². The van der Waals surface area contributed by atoms with Crippen LogP contribution in [0, 0.1) is 36.5 Å². The number of benzene rings is 4. The molecule has 0 aliphatic heterocycles. The highest BCUT2D eigenvalue weighted by Gasteiger charge is 2.27. The van der Waals surface area contributed by atoms with E-state index in [-0.39, 0.29) is 52.7 Å². The number of rotatable bonds is 19. The first-order chi connectivity index (χ1) is 39.1. The fraction of sp³-hybridized carbons (Fsp3) is 0.397. The predicted octanol–water partition coefficient (Wildman–Crippen LogP) is 14.5. The van der Waals surface area contributed by atoms with Gasteiger partial charge in [-0.1, -0.05) is 142 Å². The molecule has 14 nitrogen and oxygen atoms in total. The van der Waals surface area contributed by atoms with Crippen molar-refractivity contribution in [1.29, 1.82) is 0 Å². The Morgan fingerprint density at radius 2 is 1.21 bits per heavy atom. The van der Waals surface area contributed by atoms with Gasteiger partial charge >= 0.3 is 0 Å². The van der Waals surface area contributed by atoms with Gasteiger partial charge in [0.15, 0.2) is 5.58 Å². The molecule has 4 aromatic carbocycles. The van der Waals surface area contributed by atoms with Gasteiger partial charge in [0.2, 0.25) is 5.89 Å². The number of fused-ring (bicyclic) bond motifs is 2. The summed E-state index contributed by atoms with van der Waals surface area (Å²) in [6, 6.07) is 33.7. The second-order valence-corrected chi connectivity index (χ2v) is 22.6. The van der Waals surface area contributed by atoms with Crippen LogP contribution in [0.3, 0.4) is 0 Å². The second-order valence-electron chi connectivity index (χ2n) is 22.6. The minimum absolute atomic E-state index is 0.0341. The highest BCUT2D eigenvalue weighted by Crippen LogP contribution is 2.39. The zero-order valence-electron chi connectivity index (χ0n) is 50.2. The van der Waals surface area contributed by atoms with E-state index in [1.807, 2.05) is 173 Å². The van der Waals surface area contributed by atoms with E-state index in [2.05, 4.69) is 51.5 Å². The number of oxazole rings is 1. The van der Waals surface area contributed by atoms with Crippen LogP contribution in [0.1, 0.15) is 140 Å². The van der Waals surface area contributed by atoms with E-state index < -0.39 is 0 Å². The first kappa shape index (κ1) is 63.1. The van der Waals surface area contributed by atoms with Crippen molar-refractivity contribution in [3.8, 4) is 17.1 Å². The summed E-state index contributed by atoms with van der Waals surface area (Å²) in [4.78, 5) is 62.5. The Morgan fingerprint density at radius 1 is 0.610 bits per heavy atom. The van der Waals surface area contributed by atoms with Crippen LogP contribution >= 0.6 is 0 Å². The molecule has 5 aromatic heterocycles. The number of aryl methyl sites for hydroxylation is 3. The van der Waals surface area contributed by atoms with Gasteiger partial charge in [-0.25, -0.2) is 9.67 Å². The summed E-state index contributed by atoms with van der Waals surface area (Å²) in [5, 5.41) is 14.7. The van der Waals surface area contributed by atoms with Crippen molar-refractivity contribution in [2.24, 2.45) is 36.6 Å². The lowest BCUT2D eigenvalue weighted by Crippen LogP contribution is -2.12. The van der Waals surface area contributed by atoms with Crippen LogP contribution in [0.25, 0.3) is 39.1 Å². The Kier molecular flexibility index (Phi) is 23.1. The van der Waals surface area contributed by atoms with E-state index in [1.54, 1.807) is 23.4 Å². The van der Waals surface area contributed by atoms with E-state index in [0.29, 0.717) is 55.4 Å². The van der Waals surface area contributed by atoms with Crippen LogP contribution < -0.4 is 0 Å². The van der Waals surface area contributed by atoms with E-state index in [0.717, 1.165) is 67.7 Å². The van der Waals surface area contributed by atoms with Crippen LogP contribution in [0.4, 0.5) is 0 Å². The molecule has 1 fully saturated rings. The standard InChI is InChI=1S/C15H18O2.C14H16N2O.C14H15NO2.C13H15NO2.C12H18N2O/c1-4-11-5-6-13-12(8-14(16)10(2)3)9-17-15(13)7-11;1-11(2)14(17)8-12-9-15-16(10-12)13-6-4-3-5-7-13;1-10(2)13(16)8-12-9-17-14(15-12)11-6-4-3-5-7-11;1-8(2)12(15)7-11-10-6-4-5-9(3)13(10)16-14-11;1-8(2)12(15)7-10-6-11(9-4-5-9)13-14(10)3/h5-7,9-10H,4,8H2,1-3H3;3-7,9-11H,8H2,1-2H3;3-7,9-10H,8H2,1-2H3;4-6,8H,7H2,1-3H3;6,8-9H,4-5,7H2,1-3H3. The molecular formula is C68H82N6O8. The molecule has 432 valence electrons. The summed E-state index contributed by atoms with van der Waals surface area (Å²) >= 11 is 0. The van der Waals surface area contributed by atoms with Crippen molar-refractivity contribution in [2.45, 2.75) is 140 Å². The average molecular weight is 1110 g/mol. The summed E-state index contributed by atoms with van der Waals surface area (Å²) in [5.41, 5.74) is 11.5. The fourth-order valence-electron chi connectivity index (χ4n) is 8.24. The lowest BCUT2D eigenvalue weighted by molar-refractivity contribution is -0.122. The molecule has 0 bridgehead atoms. The molecule has 0 unspecified atom stereocenters. The van der Waals surface area contributed by atoms with Gasteiger partial charge in [-0.15, -0.1) is 0 Å². The van der Waals surface area contributed by atoms with Crippen LogP contribution in [0.2, 0.25) is 0 Å². The Morgan fingerprint density at radius 3 is 1.83 bits per heavy atom. The quantitative estimate of drug-likeness (QED) is 0.0747. The summed E-state index contributed by atoms with van der Waals surface area (Å²) in [6.45, 7) is 23.3. The van der Waals surface area contributed by atoms with Crippen molar-refractivity contribution < 1.29 is 37.3 Å². The molecule has 14 heteroatoms. The van der Waals surface area contributed by atoms with Gasteiger partial charge in [0.05, 0.1) is 48.1 Å². The Bertz CT molecular complexity index is 3420. The molecule has 0 amide bonds. The first-order valence-corrected chi connectivity index (χ1v) is 28.7. The number of carbonyl (C=O) groups excluding carboxylic acids is 5. The topological polar surface area (TPSA) is 186 Å². The number of hydrogen-bond acceptors (Lipinski definition) is 12. The molecular weight excluding hydrogens is 1030 g/mol. The van der Waals surface area contributed by atoms with Crippen molar-refractivity contribution >= 4 is 50.9 Å². The van der Waals surface area contributed by atoms with Gasteiger partial charge in [-0.2, -0.15) is 10.2 Å². The third-order valence-corrected chi connectivity index (χ3v) is 14.1. The third kappa shape index (κ3) is 18.5. The van der Waals surface area contributed by atoms with Gasteiger partial charge in [0, 0.05) is 95.6 Å². The molecule has 9 aromatic rings. The van der Waals surface area contributed by atoms with Gasteiger partial charge in [0.25, 0.3) is 0 Å². The lowest BCUT2D eigenvalue weighted by Gasteiger charge is -2.03. The zero-order valence-corrected chi connectivity index (χ0v) is 50.2.